The van der Waals surface area contributed by atoms with Gasteiger partial charge in [-0.2, -0.15) is 5.10 Å². The maximum absolute atomic E-state index is 12.0. The summed E-state index contributed by atoms with van der Waals surface area (Å²) in [6, 6.07) is 10.4. The zero-order valence-corrected chi connectivity index (χ0v) is 14.6. The first-order valence-electron chi connectivity index (χ1n) is 8.33. The van der Waals surface area contributed by atoms with Gasteiger partial charge in [0.25, 0.3) is 5.56 Å². The highest BCUT2D eigenvalue weighted by Gasteiger charge is 2.07. The predicted molar refractivity (Wildman–Crippen MR) is 96.1 cm³/mol. The molecule has 1 aromatic carbocycles. The van der Waals surface area contributed by atoms with E-state index in [2.05, 4.69) is 10.3 Å². The molecule has 0 fully saturated rings. The number of carbonyl (C=O) groups excluding carboxylic acids is 1. The molecule has 1 heterocycles. The third-order valence-electron chi connectivity index (χ3n) is 3.71. The number of esters is 1. The number of ether oxygens (including phenoxy) is 1. The van der Waals surface area contributed by atoms with Gasteiger partial charge in [0.05, 0.1) is 13.2 Å². The minimum absolute atomic E-state index is 0.161. The van der Waals surface area contributed by atoms with Crippen LogP contribution in [0, 0.1) is 0 Å². The zero-order chi connectivity index (χ0) is 18.9. The Bertz CT molecular complexity index is 845. The first kappa shape index (κ1) is 19.2. The van der Waals surface area contributed by atoms with E-state index in [0.717, 1.165) is 17.5 Å². The molecule has 0 atom stereocenters. The fourth-order valence-electron chi connectivity index (χ4n) is 2.48. The van der Waals surface area contributed by atoms with Gasteiger partial charge in [0.15, 0.2) is 5.84 Å². The Kier molecular flexibility index (Phi) is 6.90. The summed E-state index contributed by atoms with van der Waals surface area (Å²) in [7, 11) is 0. The normalized spacial score (nSPS) is 11.3. The molecule has 0 radical (unpaired) electrons. The topological polar surface area (TPSA) is 120 Å². The summed E-state index contributed by atoms with van der Waals surface area (Å²) < 4.78 is 6.17. The lowest BCUT2D eigenvalue weighted by Gasteiger charge is -2.08. The number of benzene rings is 1. The average molecular weight is 358 g/mol. The van der Waals surface area contributed by atoms with Crippen molar-refractivity contribution in [3.05, 3.63) is 63.6 Å². The van der Waals surface area contributed by atoms with Gasteiger partial charge in [-0.05, 0) is 37.0 Å². The smallest absolute Gasteiger partial charge is 0.305 e. The molecule has 0 aliphatic heterocycles. The van der Waals surface area contributed by atoms with Gasteiger partial charge in [-0.25, -0.2) is 4.68 Å². The standard InChI is InChI=1S/C18H22N4O4/c1-2-26-17(24)8-4-6-13-5-3-7-14(11-13)12-22-16(23)10-9-15(20-22)18(19)21-25/h3,5,7,9-11,25H,2,4,6,8,12H2,1H3,(H2,19,21). The lowest BCUT2D eigenvalue weighted by molar-refractivity contribution is -0.143. The summed E-state index contributed by atoms with van der Waals surface area (Å²) in [6.07, 6.45) is 1.81. The number of aromatic nitrogens is 2. The number of amidine groups is 1. The fourth-order valence-corrected chi connectivity index (χ4v) is 2.48. The molecule has 2 rings (SSSR count). The van der Waals surface area contributed by atoms with Crippen molar-refractivity contribution in [3.8, 4) is 0 Å². The first-order chi connectivity index (χ1) is 12.5. The Morgan fingerprint density at radius 2 is 2.08 bits per heavy atom. The van der Waals surface area contributed by atoms with Crippen LogP contribution in [0.15, 0.2) is 46.3 Å². The van der Waals surface area contributed by atoms with E-state index in [1.807, 2.05) is 24.3 Å². The van der Waals surface area contributed by atoms with Gasteiger partial charge >= 0.3 is 5.97 Å². The number of hydrogen-bond acceptors (Lipinski definition) is 6. The quantitative estimate of drug-likeness (QED) is 0.241. The molecular formula is C18H22N4O4. The molecular weight excluding hydrogens is 336 g/mol. The van der Waals surface area contributed by atoms with Crippen LogP contribution < -0.4 is 11.3 Å². The van der Waals surface area contributed by atoms with Crippen LogP contribution in [0.25, 0.3) is 0 Å². The third kappa shape index (κ3) is 5.44. The Hall–Kier alpha value is -3.16. The zero-order valence-electron chi connectivity index (χ0n) is 14.6. The molecule has 3 N–H and O–H groups in total. The van der Waals surface area contributed by atoms with E-state index < -0.39 is 0 Å². The summed E-state index contributed by atoms with van der Waals surface area (Å²) in [5, 5.41) is 15.7. The minimum atomic E-state index is -0.285. The third-order valence-corrected chi connectivity index (χ3v) is 3.71. The van der Waals surface area contributed by atoms with Crippen LogP contribution in [0.2, 0.25) is 0 Å². The van der Waals surface area contributed by atoms with Crippen molar-refractivity contribution in [1.29, 1.82) is 0 Å². The maximum atomic E-state index is 12.0. The number of nitrogens with zero attached hydrogens (tertiary/aromatic N) is 3. The average Bonchev–Trinajstić information content (AvgIpc) is 2.63. The van der Waals surface area contributed by atoms with Gasteiger partial charge < -0.3 is 15.7 Å². The Morgan fingerprint density at radius 3 is 2.81 bits per heavy atom. The maximum Gasteiger partial charge on any atom is 0.305 e. The van der Waals surface area contributed by atoms with Gasteiger partial charge in [0.1, 0.15) is 5.69 Å². The summed E-state index contributed by atoms with van der Waals surface area (Å²) in [5.74, 6) is -0.356. The Labute approximate surface area is 150 Å². The Balaban J connectivity index is 2.07. The highest BCUT2D eigenvalue weighted by atomic mass is 16.5. The first-order valence-corrected chi connectivity index (χ1v) is 8.33. The summed E-state index contributed by atoms with van der Waals surface area (Å²) >= 11 is 0. The van der Waals surface area contributed by atoms with E-state index in [9.17, 15) is 9.59 Å². The molecule has 138 valence electrons. The molecule has 2 aromatic rings. The SMILES string of the molecule is CCOC(=O)CCCc1cccc(Cn2nc(/C(N)=N/O)ccc2=O)c1. The molecule has 0 amide bonds. The molecule has 0 bridgehead atoms. The van der Waals surface area contributed by atoms with Crippen molar-refractivity contribution in [2.45, 2.75) is 32.7 Å². The number of aryl methyl sites for hydroxylation is 1. The number of oxime groups is 1. The molecule has 0 aliphatic rings. The van der Waals surface area contributed by atoms with E-state index in [-0.39, 0.29) is 29.6 Å². The lowest BCUT2D eigenvalue weighted by Crippen LogP contribution is -2.27. The highest BCUT2D eigenvalue weighted by molar-refractivity contribution is 5.94. The molecule has 26 heavy (non-hydrogen) atoms. The van der Waals surface area contributed by atoms with E-state index in [1.54, 1.807) is 6.92 Å². The number of carbonyl (C=O) groups is 1. The molecule has 0 unspecified atom stereocenters. The van der Waals surface area contributed by atoms with Gasteiger partial charge in [-0.3, -0.25) is 9.59 Å². The van der Waals surface area contributed by atoms with E-state index in [1.165, 1.54) is 16.8 Å². The van der Waals surface area contributed by atoms with Gasteiger partial charge in [-0.1, -0.05) is 29.4 Å². The van der Waals surface area contributed by atoms with Crippen molar-refractivity contribution in [2.24, 2.45) is 10.9 Å². The molecule has 1 aromatic heterocycles. The number of rotatable bonds is 8. The van der Waals surface area contributed by atoms with Crippen molar-refractivity contribution in [2.75, 3.05) is 6.61 Å². The van der Waals surface area contributed by atoms with Crippen molar-refractivity contribution in [3.63, 3.8) is 0 Å². The van der Waals surface area contributed by atoms with Gasteiger partial charge in [-0.15, -0.1) is 0 Å². The molecule has 0 spiro atoms. The molecule has 0 saturated heterocycles. The largest absolute Gasteiger partial charge is 0.466 e. The molecule has 8 nitrogen and oxygen atoms in total. The number of hydrogen-bond donors (Lipinski definition) is 2. The minimum Gasteiger partial charge on any atom is -0.466 e. The van der Waals surface area contributed by atoms with Crippen molar-refractivity contribution >= 4 is 11.8 Å². The van der Waals surface area contributed by atoms with Crippen molar-refractivity contribution < 1.29 is 14.7 Å². The molecule has 0 aliphatic carbocycles. The lowest BCUT2D eigenvalue weighted by atomic mass is 10.1. The van der Waals surface area contributed by atoms with Gasteiger partial charge in [0, 0.05) is 12.5 Å². The molecule has 0 saturated carbocycles. The van der Waals surface area contributed by atoms with Gasteiger partial charge in [0.2, 0.25) is 0 Å². The fraction of sp³-hybridized carbons (Fsp3) is 0.333. The number of nitrogens with two attached hydrogens (primary N) is 1. The summed E-state index contributed by atoms with van der Waals surface area (Å²) in [6.45, 7) is 2.43. The second-order valence-electron chi connectivity index (χ2n) is 5.68. The van der Waals surface area contributed by atoms with Crippen LogP contribution in [-0.2, 0) is 22.5 Å². The predicted octanol–water partition coefficient (Wildman–Crippen LogP) is 1.27. The second-order valence-corrected chi connectivity index (χ2v) is 5.68. The van der Waals surface area contributed by atoms with Crippen molar-refractivity contribution in [1.82, 2.24) is 9.78 Å². The Morgan fingerprint density at radius 1 is 1.31 bits per heavy atom. The summed E-state index contributed by atoms with van der Waals surface area (Å²) in [5.41, 5.74) is 7.41. The van der Waals surface area contributed by atoms with E-state index in [0.29, 0.717) is 19.4 Å². The van der Waals surface area contributed by atoms with Crippen LogP contribution in [0.4, 0.5) is 0 Å². The van der Waals surface area contributed by atoms with Crippen LogP contribution >= 0.6 is 0 Å². The second kappa shape index (κ2) is 9.36. The highest BCUT2D eigenvalue weighted by Crippen LogP contribution is 2.10. The van der Waals surface area contributed by atoms with E-state index in [4.69, 9.17) is 15.7 Å². The summed E-state index contributed by atoms with van der Waals surface area (Å²) in [4.78, 5) is 23.4. The van der Waals surface area contributed by atoms with E-state index >= 15 is 0 Å². The molecule has 8 heteroatoms. The van der Waals surface area contributed by atoms with Crippen LogP contribution in [0.1, 0.15) is 36.6 Å². The monoisotopic (exact) mass is 358 g/mol. The van der Waals surface area contributed by atoms with Crippen LogP contribution in [0.5, 0.6) is 0 Å². The van der Waals surface area contributed by atoms with Crippen LogP contribution in [-0.4, -0.2) is 33.4 Å². The van der Waals surface area contributed by atoms with Crippen LogP contribution in [0.3, 0.4) is 0 Å².